The molecule has 0 aliphatic heterocycles. The van der Waals surface area contributed by atoms with E-state index in [1.165, 1.54) is 4.68 Å². The van der Waals surface area contributed by atoms with E-state index in [2.05, 4.69) is 5.10 Å². The molecule has 2 aromatic rings. The van der Waals surface area contributed by atoms with E-state index >= 15 is 0 Å². The summed E-state index contributed by atoms with van der Waals surface area (Å²) in [5.41, 5.74) is 2.70. The van der Waals surface area contributed by atoms with E-state index in [1.807, 2.05) is 52.0 Å². The van der Waals surface area contributed by atoms with Crippen LogP contribution in [0.2, 0.25) is 0 Å². The largest absolute Gasteiger partial charge is 0.271 e. The number of benzene rings is 1. The first-order valence-electron chi connectivity index (χ1n) is 5.80. The molecule has 0 saturated heterocycles. The molecule has 0 unspecified atom stereocenters. The molecule has 0 atom stereocenters. The van der Waals surface area contributed by atoms with E-state index in [1.54, 1.807) is 12.3 Å². The quantitative estimate of drug-likeness (QED) is 0.755. The SMILES string of the molecule is CC.Cc1cccc(-n2ncc(C)cc2=O)c1. The molecular formula is C14H18N2O. The molecule has 90 valence electrons. The molecule has 17 heavy (non-hydrogen) atoms. The Labute approximate surface area is 102 Å². The number of hydrogen-bond donors (Lipinski definition) is 0. The minimum absolute atomic E-state index is 0.0967. The third kappa shape index (κ3) is 3.28. The third-order valence-electron chi connectivity index (χ3n) is 2.18. The van der Waals surface area contributed by atoms with Crippen LogP contribution in [-0.2, 0) is 0 Å². The van der Waals surface area contributed by atoms with Gasteiger partial charge in [-0.3, -0.25) is 4.79 Å². The fourth-order valence-corrected chi connectivity index (χ4v) is 1.45. The van der Waals surface area contributed by atoms with Gasteiger partial charge in [0.2, 0.25) is 0 Å². The second-order valence-corrected chi connectivity index (χ2v) is 3.62. The van der Waals surface area contributed by atoms with Gasteiger partial charge in [0.15, 0.2) is 0 Å². The van der Waals surface area contributed by atoms with E-state index in [-0.39, 0.29) is 5.56 Å². The summed E-state index contributed by atoms with van der Waals surface area (Å²) in [5, 5.41) is 4.09. The number of hydrogen-bond acceptors (Lipinski definition) is 2. The number of aryl methyl sites for hydroxylation is 2. The summed E-state index contributed by atoms with van der Waals surface area (Å²) >= 11 is 0. The van der Waals surface area contributed by atoms with Crippen LogP contribution in [0.25, 0.3) is 5.69 Å². The molecule has 0 bridgehead atoms. The summed E-state index contributed by atoms with van der Waals surface area (Å²) < 4.78 is 1.40. The van der Waals surface area contributed by atoms with Gasteiger partial charge in [-0.25, -0.2) is 0 Å². The predicted molar refractivity (Wildman–Crippen MR) is 70.7 cm³/mol. The van der Waals surface area contributed by atoms with Crippen LogP contribution in [0, 0.1) is 13.8 Å². The lowest BCUT2D eigenvalue weighted by atomic mass is 10.2. The highest BCUT2D eigenvalue weighted by molar-refractivity contribution is 5.34. The van der Waals surface area contributed by atoms with Gasteiger partial charge in [0, 0.05) is 6.07 Å². The molecule has 2 rings (SSSR count). The number of aromatic nitrogens is 2. The minimum Gasteiger partial charge on any atom is -0.267 e. The second kappa shape index (κ2) is 5.99. The van der Waals surface area contributed by atoms with Crippen molar-refractivity contribution in [2.45, 2.75) is 27.7 Å². The molecule has 3 nitrogen and oxygen atoms in total. The summed E-state index contributed by atoms with van der Waals surface area (Å²) in [6.07, 6.45) is 1.68. The Morgan fingerprint density at radius 3 is 2.35 bits per heavy atom. The zero-order valence-corrected chi connectivity index (χ0v) is 10.8. The lowest BCUT2D eigenvalue weighted by Gasteiger charge is -2.04. The first kappa shape index (κ1) is 13.2. The number of rotatable bonds is 1. The Morgan fingerprint density at radius 1 is 1.06 bits per heavy atom. The smallest absolute Gasteiger partial charge is 0.267 e. The van der Waals surface area contributed by atoms with Gasteiger partial charge in [0.1, 0.15) is 0 Å². The molecule has 0 radical (unpaired) electrons. The average Bonchev–Trinajstić information content (AvgIpc) is 2.31. The summed E-state index contributed by atoms with van der Waals surface area (Å²) in [7, 11) is 0. The molecule has 0 saturated carbocycles. The van der Waals surface area contributed by atoms with Gasteiger partial charge >= 0.3 is 0 Å². The highest BCUT2D eigenvalue weighted by Crippen LogP contribution is 2.06. The molecule has 0 aliphatic rings. The predicted octanol–water partition coefficient (Wildman–Crippen LogP) is 2.88. The summed E-state index contributed by atoms with van der Waals surface area (Å²) in [6.45, 7) is 7.84. The highest BCUT2D eigenvalue weighted by atomic mass is 16.1. The second-order valence-electron chi connectivity index (χ2n) is 3.62. The van der Waals surface area contributed by atoms with Gasteiger partial charge in [-0.1, -0.05) is 26.0 Å². The molecule has 1 aromatic carbocycles. The summed E-state index contributed by atoms with van der Waals surface area (Å²) in [4.78, 5) is 11.7. The fraction of sp³-hybridized carbons (Fsp3) is 0.286. The molecule has 1 aromatic heterocycles. The van der Waals surface area contributed by atoms with E-state index in [4.69, 9.17) is 0 Å². The molecule has 1 heterocycles. The molecule has 0 aliphatic carbocycles. The monoisotopic (exact) mass is 230 g/mol. The summed E-state index contributed by atoms with van der Waals surface area (Å²) in [5.74, 6) is 0. The zero-order valence-electron chi connectivity index (χ0n) is 10.8. The van der Waals surface area contributed by atoms with Crippen molar-refractivity contribution in [1.82, 2.24) is 9.78 Å². The molecule has 0 amide bonds. The molecule has 3 heteroatoms. The van der Waals surface area contributed by atoms with Crippen molar-refractivity contribution in [3.63, 3.8) is 0 Å². The standard InChI is InChI=1S/C12H12N2O.C2H6/c1-9-4-3-5-11(6-9)14-12(15)7-10(2)8-13-14;1-2/h3-8H,1-2H3;1-2H3. The van der Waals surface area contributed by atoms with Crippen LogP contribution in [0.15, 0.2) is 41.3 Å². The first-order chi connectivity index (χ1) is 8.16. The van der Waals surface area contributed by atoms with Crippen molar-refractivity contribution in [2.24, 2.45) is 0 Å². The third-order valence-corrected chi connectivity index (χ3v) is 2.18. The highest BCUT2D eigenvalue weighted by Gasteiger charge is 2.00. The van der Waals surface area contributed by atoms with Crippen LogP contribution in [0.5, 0.6) is 0 Å². The maximum Gasteiger partial charge on any atom is 0.271 e. The molecule has 0 spiro atoms. The van der Waals surface area contributed by atoms with E-state index < -0.39 is 0 Å². The normalized spacial score (nSPS) is 9.41. The Hall–Kier alpha value is -1.90. The minimum atomic E-state index is -0.0967. The Bertz CT molecular complexity index is 544. The van der Waals surface area contributed by atoms with Crippen LogP contribution < -0.4 is 5.56 Å². The molecular weight excluding hydrogens is 212 g/mol. The van der Waals surface area contributed by atoms with Gasteiger partial charge in [0.25, 0.3) is 5.56 Å². The van der Waals surface area contributed by atoms with E-state index in [0.29, 0.717) is 0 Å². The maximum absolute atomic E-state index is 11.7. The topological polar surface area (TPSA) is 34.9 Å². The lowest BCUT2D eigenvalue weighted by Crippen LogP contribution is -2.20. The Morgan fingerprint density at radius 2 is 1.76 bits per heavy atom. The van der Waals surface area contributed by atoms with Crippen molar-refractivity contribution < 1.29 is 0 Å². The Kier molecular flexibility index (Phi) is 4.64. The van der Waals surface area contributed by atoms with Crippen molar-refractivity contribution in [2.75, 3.05) is 0 Å². The van der Waals surface area contributed by atoms with Crippen molar-refractivity contribution in [3.05, 3.63) is 58.0 Å². The first-order valence-corrected chi connectivity index (χ1v) is 5.80. The van der Waals surface area contributed by atoms with Crippen LogP contribution in [0.3, 0.4) is 0 Å². The number of nitrogens with zero attached hydrogens (tertiary/aromatic N) is 2. The van der Waals surface area contributed by atoms with Crippen molar-refractivity contribution >= 4 is 0 Å². The van der Waals surface area contributed by atoms with Gasteiger partial charge < -0.3 is 0 Å². The van der Waals surface area contributed by atoms with E-state index in [0.717, 1.165) is 16.8 Å². The van der Waals surface area contributed by atoms with Gasteiger partial charge in [-0.05, 0) is 37.1 Å². The lowest BCUT2D eigenvalue weighted by molar-refractivity contribution is 0.799. The van der Waals surface area contributed by atoms with Crippen LogP contribution in [0.1, 0.15) is 25.0 Å². The van der Waals surface area contributed by atoms with Crippen LogP contribution in [0.4, 0.5) is 0 Å². The van der Waals surface area contributed by atoms with Crippen molar-refractivity contribution in [3.8, 4) is 5.69 Å². The molecule has 0 fully saturated rings. The maximum atomic E-state index is 11.7. The van der Waals surface area contributed by atoms with Crippen LogP contribution in [-0.4, -0.2) is 9.78 Å². The zero-order chi connectivity index (χ0) is 12.8. The van der Waals surface area contributed by atoms with E-state index in [9.17, 15) is 4.79 Å². The Balaban J connectivity index is 0.000000686. The molecule has 0 N–H and O–H groups in total. The summed E-state index contributed by atoms with van der Waals surface area (Å²) in [6, 6.07) is 9.29. The van der Waals surface area contributed by atoms with Crippen LogP contribution >= 0.6 is 0 Å². The van der Waals surface area contributed by atoms with Crippen molar-refractivity contribution in [1.29, 1.82) is 0 Å². The van der Waals surface area contributed by atoms with Gasteiger partial charge in [-0.2, -0.15) is 9.78 Å². The van der Waals surface area contributed by atoms with Gasteiger partial charge in [-0.15, -0.1) is 0 Å². The van der Waals surface area contributed by atoms with Gasteiger partial charge in [0.05, 0.1) is 11.9 Å². The average molecular weight is 230 g/mol. The fourth-order valence-electron chi connectivity index (χ4n) is 1.45.